The van der Waals surface area contributed by atoms with Gasteiger partial charge in [-0.1, -0.05) is 60.5 Å². The lowest BCUT2D eigenvalue weighted by Crippen LogP contribution is -2.49. The summed E-state index contributed by atoms with van der Waals surface area (Å²) in [5.41, 5.74) is 2.17. The van der Waals surface area contributed by atoms with Crippen molar-refractivity contribution in [2.24, 2.45) is 36.1 Å². The average Bonchev–Trinajstić information content (AvgIpc) is 3.80. The maximum Gasteiger partial charge on any atom is 0.242 e. The predicted octanol–water partition coefficient (Wildman–Crippen LogP) is 7.76. The van der Waals surface area contributed by atoms with Gasteiger partial charge in [0.15, 0.2) is 0 Å². The fraction of sp³-hybridized carbons (Fsp3) is 0.341. The number of hydrogen-bond acceptors (Lipinski definition) is 7. The Hall–Kier alpha value is -4.80. The summed E-state index contributed by atoms with van der Waals surface area (Å²) in [4.78, 5) is 61.4. The highest BCUT2D eigenvalue weighted by Crippen LogP contribution is 2.64. The fourth-order valence-corrected chi connectivity index (χ4v) is 11.2. The van der Waals surface area contributed by atoms with Crippen LogP contribution in [0.2, 0.25) is 5.02 Å². The van der Waals surface area contributed by atoms with E-state index in [0.717, 1.165) is 37.0 Å². The molecule has 4 heterocycles. The lowest BCUT2D eigenvalue weighted by molar-refractivity contribution is -0.140. The number of fused-ring (bicyclic) bond motifs is 6. The number of anilines is 1. The molecule has 9 nitrogen and oxygen atoms in total. The summed E-state index contributed by atoms with van der Waals surface area (Å²) in [6, 6.07) is 18.6. The number of aromatic nitrogens is 2. The third kappa shape index (κ3) is 4.37. The van der Waals surface area contributed by atoms with Crippen LogP contribution in [0, 0.1) is 36.0 Å². The van der Waals surface area contributed by atoms with E-state index in [2.05, 4.69) is 6.08 Å². The summed E-state index contributed by atoms with van der Waals surface area (Å²) in [5, 5.41) is 18.8. The van der Waals surface area contributed by atoms with Crippen LogP contribution in [0.25, 0.3) is 31.4 Å². The van der Waals surface area contributed by atoms with E-state index in [4.69, 9.17) is 16.7 Å². The number of halogens is 1. The first-order valence-electron chi connectivity index (χ1n) is 17.8. The number of carbonyl (C=O) groups is 4. The Bertz CT molecular complexity index is 2450. The topological polar surface area (TPSA) is 113 Å². The Balaban J connectivity index is 1.20. The van der Waals surface area contributed by atoms with Crippen LogP contribution in [0.15, 0.2) is 72.3 Å². The van der Waals surface area contributed by atoms with E-state index in [9.17, 15) is 19.5 Å². The first-order valence-corrected chi connectivity index (χ1v) is 19.0. The Kier molecular flexibility index (Phi) is 7.38. The lowest BCUT2D eigenvalue weighted by atomic mass is 9.51. The van der Waals surface area contributed by atoms with Crippen LogP contribution in [0.1, 0.15) is 50.2 Å². The molecule has 3 aromatic carbocycles. The zero-order chi connectivity index (χ0) is 36.4. The number of aromatic hydroxyl groups is 1. The molecule has 2 aromatic heterocycles. The molecule has 1 saturated carbocycles. The van der Waals surface area contributed by atoms with Gasteiger partial charge in [-0.25, -0.2) is 4.90 Å². The van der Waals surface area contributed by atoms with Gasteiger partial charge in [-0.3, -0.25) is 28.8 Å². The van der Waals surface area contributed by atoms with Crippen LogP contribution in [-0.2, 0) is 26.2 Å². The smallest absolute Gasteiger partial charge is 0.242 e. The molecule has 0 radical (unpaired) electrons. The molecule has 1 N–H and O–H groups in total. The molecule has 6 atom stereocenters. The standard InChI is InChI=1S/C41H37ClN4O5S/c1-5-16-45-37(48)26-12-11-25-28(34(26)39(45)50)18-29-38(49)46(33-19-30(43-44(33)4)36-20(2)27-17-21(42)10-15-32(27)52-36)40(51)41(29,3)35(25)24-13-14-31(47)23-9-7-6-8-22(23)24/h6-11,13-15,17,19,26,28-29,34-35,47H,5,12,16,18H2,1-4H3/t26-,28+,29-,34-,35-,41+/m0/s1. The molecule has 0 bridgehead atoms. The van der Waals surface area contributed by atoms with Gasteiger partial charge in [0.25, 0.3) is 0 Å². The molecule has 2 aliphatic carbocycles. The van der Waals surface area contributed by atoms with Crippen LogP contribution >= 0.6 is 22.9 Å². The van der Waals surface area contributed by atoms with Gasteiger partial charge in [0.1, 0.15) is 17.3 Å². The summed E-state index contributed by atoms with van der Waals surface area (Å²) in [6.45, 7) is 6.21. The van der Waals surface area contributed by atoms with Gasteiger partial charge in [0.2, 0.25) is 23.6 Å². The number of hydrogen-bond donors (Lipinski definition) is 1. The predicted molar refractivity (Wildman–Crippen MR) is 201 cm³/mol. The van der Waals surface area contributed by atoms with Gasteiger partial charge in [-0.2, -0.15) is 5.10 Å². The highest BCUT2D eigenvalue weighted by atomic mass is 35.5. The number of amides is 4. The van der Waals surface area contributed by atoms with Gasteiger partial charge < -0.3 is 5.11 Å². The molecule has 4 aliphatic rings. The van der Waals surface area contributed by atoms with E-state index in [1.165, 1.54) is 9.80 Å². The number of thiophene rings is 1. The van der Waals surface area contributed by atoms with Crippen molar-refractivity contribution in [3.05, 3.63) is 88.5 Å². The van der Waals surface area contributed by atoms with E-state index >= 15 is 4.79 Å². The number of allylic oxidation sites excluding steroid dienone is 2. The van der Waals surface area contributed by atoms with E-state index in [-0.39, 0.29) is 35.8 Å². The van der Waals surface area contributed by atoms with E-state index in [1.54, 1.807) is 29.1 Å². The second kappa shape index (κ2) is 11.6. The minimum atomic E-state index is -1.23. The number of likely N-dealkylation sites (tertiary alicyclic amines) is 1. The minimum Gasteiger partial charge on any atom is -0.507 e. The van der Waals surface area contributed by atoms with Crippen LogP contribution in [0.5, 0.6) is 5.75 Å². The molecule has 3 fully saturated rings. The normalized spacial score (nSPS) is 27.1. The number of rotatable bonds is 5. The van der Waals surface area contributed by atoms with Crippen molar-refractivity contribution in [3.8, 4) is 16.3 Å². The second-order valence-corrected chi connectivity index (χ2v) is 16.4. The summed E-state index contributed by atoms with van der Waals surface area (Å²) in [6.07, 6.45) is 3.40. The number of nitrogens with zero attached hydrogens (tertiary/aromatic N) is 4. The largest absolute Gasteiger partial charge is 0.507 e. The molecule has 0 spiro atoms. The highest BCUT2D eigenvalue weighted by molar-refractivity contribution is 7.22. The first kappa shape index (κ1) is 33.1. The molecule has 0 unspecified atom stereocenters. The molecule has 264 valence electrons. The average molecular weight is 733 g/mol. The molecular formula is C41H37ClN4O5S. The molecule has 2 saturated heterocycles. The summed E-state index contributed by atoms with van der Waals surface area (Å²) < 4.78 is 2.66. The monoisotopic (exact) mass is 732 g/mol. The van der Waals surface area contributed by atoms with E-state index < -0.39 is 35.0 Å². The highest BCUT2D eigenvalue weighted by Gasteiger charge is 2.68. The maximum absolute atomic E-state index is 15.2. The minimum absolute atomic E-state index is 0.120. The summed E-state index contributed by atoms with van der Waals surface area (Å²) in [7, 11) is 1.74. The number of imide groups is 2. The maximum atomic E-state index is 15.2. The summed E-state index contributed by atoms with van der Waals surface area (Å²) in [5.74, 6) is -3.35. The van der Waals surface area contributed by atoms with Crippen molar-refractivity contribution in [3.63, 3.8) is 0 Å². The molecule has 5 aromatic rings. The fourth-order valence-electron chi connectivity index (χ4n) is 9.86. The van der Waals surface area contributed by atoms with Crippen LogP contribution in [0.4, 0.5) is 5.82 Å². The molecule has 4 amide bonds. The van der Waals surface area contributed by atoms with Gasteiger partial charge in [0, 0.05) is 40.7 Å². The Morgan fingerprint density at radius 3 is 2.50 bits per heavy atom. The summed E-state index contributed by atoms with van der Waals surface area (Å²) >= 11 is 7.91. The van der Waals surface area contributed by atoms with Crippen molar-refractivity contribution in [2.45, 2.75) is 46.0 Å². The van der Waals surface area contributed by atoms with Gasteiger partial charge in [0.05, 0.1) is 28.0 Å². The third-order valence-electron chi connectivity index (χ3n) is 12.3. The number of aryl methyl sites for hydroxylation is 2. The van der Waals surface area contributed by atoms with Crippen molar-refractivity contribution in [1.82, 2.24) is 14.7 Å². The molecule has 9 rings (SSSR count). The van der Waals surface area contributed by atoms with Gasteiger partial charge in [-0.05, 0) is 85.2 Å². The second-order valence-electron chi connectivity index (χ2n) is 14.9. The number of phenols is 1. The Morgan fingerprint density at radius 2 is 1.73 bits per heavy atom. The van der Waals surface area contributed by atoms with Crippen molar-refractivity contribution in [2.75, 3.05) is 11.4 Å². The quantitative estimate of drug-likeness (QED) is 0.146. The molecule has 11 heteroatoms. The zero-order valence-corrected chi connectivity index (χ0v) is 30.8. The van der Waals surface area contributed by atoms with Crippen molar-refractivity contribution in [1.29, 1.82) is 0 Å². The Morgan fingerprint density at radius 1 is 0.962 bits per heavy atom. The zero-order valence-electron chi connectivity index (χ0n) is 29.2. The molecule has 52 heavy (non-hydrogen) atoms. The molecule has 2 aliphatic heterocycles. The van der Waals surface area contributed by atoms with Crippen LogP contribution in [-0.4, -0.2) is 50.0 Å². The Labute approximate surface area is 309 Å². The van der Waals surface area contributed by atoms with Gasteiger partial charge in [-0.15, -0.1) is 11.3 Å². The number of carbonyl (C=O) groups excluding carboxylic acids is 4. The molecular weight excluding hydrogens is 696 g/mol. The lowest BCUT2D eigenvalue weighted by Gasteiger charge is -2.49. The SMILES string of the molecule is CCCN1C(=O)[C@H]2[C@H](CC=C3[C@H]2C[C@H]2C(=O)N(c4cc(-c5sc6ccc(Cl)cc6c5C)nn4C)C(=O)[C@@]2(C)[C@H]3c2ccc(O)c3ccccc23)C1=O. The van der Waals surface area contributed by atoms with Gasteiger partial charge >= 0.3 is 0 Å². The van der Waals surface area contributed by atoms with Crippen molar-refractivity contribution >= 4 is 73.2 Å². The van der Waals surface area contributed by atoms with E-state index in [1.807, 2.05) is 75.4 Å². The number of benzene rings is 3. The van der Waals surface area contributed by atoms with E-state index in [0.29, 0.717) is 41.3 Å². The number of phenolic OH excluding ortho intramolecular Hbond substituents is 1. The first-order chi connectivity index (χ1) is 24.9. The third-order valence-corrected chi connectivity index (χ3v) is 13.8. The van der Waals surface area contributed by atoms with Crippen LogP contribution in [0.3, 0.4) is 0 Å². The van der Waals surface area contributed by atoms with Crippen molar-refractivity contribution < 1.29 is 24.3 Å². The van der Waals surface area contributed by atoms with Crippen LogP contribution < -0.4 is 4.90 Å².